The first-order valence-corrected chi connectivity index (χ1v) is 4.07. The quantitative estimate of drug-likeness (QED) is 0.474. The van der Waals surface area contributed by atoms with Gasteiger partial charge in [0.1, 0.15) is 0 Å². The van der Waals surface area contributed by atoms with Crippen molar-refractivity contribution in [2.75, 3.05) is 6.67 Å². The van der Waals surface area contributed by atoms with Gasteiger partial charge >= 0.3 is 0 Å². The largest absolute Gasteiger partial charge is 0.340 e. The zero-order chi connectivity index (χ0) is 9.94. The highest BCUT2D eigenvalue weighted by atomic mass is 16.2. The van der Waals surface area contributed by atoms with Crippen LogP contribution in [0.3, 0.4) is 0 Å². The summed E-state index contributed by atoms with van der Waals surface area (Å²) in [6, 6.07) is 0. The number of quaternary nitrogens is 1. The first-order valence-electron chi connectivity index (χ1n) is 4.07. The van der Waals surface area contributed by atoms with E-state index in [2.05, 4.69) is 12.3 Å². The third-order valence-corrected chi connectivity index (χ3v) is 1.64. The van der Waals surface area contributed by atoms with Gasteiger partial charge in [0, 0.05) is 11.1 Å². The number of carbonyl (C=O) groups is 1. The second-order valence-corrected chi connectivity index (χ2v) is 3.91. The molecule has 0 aliphatic carbocycles. The predicted octanol–water partition coefficient (Wildman–Crippen LogP) is 0.389. The van der Waals surface area contributed by atoms with E-state index in [1.807, 2.05) is 20.8 Å². The number of carbonyl (C=O) groups excluding carboxylic acids is 1. The van der Waals surface area contributed by atoms with Gasteiger partial charge in [-0.05, 0) is 27.7 Å². The fraction of sp³-hybridized carbons (Fsp3) is 0.667. The first kappa shape index (κ1) is 11.2. The zero-order valence-corrected chi connectivity index (χ0v) is 8.48. The highest BCUT2D eigenvalue weighted by Gasteiger charge is 2.26. The van der Waals surface area contributed by atoms with Crippen LogP contribution in [0.4, 0.5) is 0 Å². The van der Waals surface area contributed by atoms with Crippen molar-refractivity contribution < 1.29 is 10.5 Å². The third-order valence-electron chi connectivity index (χ3n) is 1.64. The molecule has 0 fully saturated rings. The van der Waals surface area contributed by atoms with Crippen LogP contribution in [0.5, 0.6) is 0 Å². The number of hydrogen-bond acceptors (Lipinski definition) is 1. The fourth-order valence-electron chi connectivity index (χ4n) is 0.972. The van der Waals surface area contributed by atoms with Crippen molar-refractivity contribution in [2.24, 2.45) is 0 Å². The van der Waals surface area contributed by atoms with E-state index in [1.165, 1.54) is 0 Å². The molecule has 12 heavy (non-hydrogen) atoms. The van der Waals surface area contributed by atoms with Crippen molar-refractivity contribution in [1.82, 2.24) is 4.90 Å². The molecule has 0 spiro atoms. The molecule has 0 aliphatic rings. The summed E-state index contributed by atoms with van der Waals surface area (Å²) < 4.78 is 0. The molecule has 0 aliphatic heterocycles. The van der Waals surface area contributed by atoms with Crippen LogP contribution in [0.2, 0.25) is 0 Å². The molecule has 0 saturated carbocycles. The Labute approximate surface area is 74.2 Å². The van der Waals surface area contributed by atoms with Crippen molar-refractivity contribution in [1.29, 1.82) is 0 Å². The van der Waals surface area contributed by atoms with Crippen LogP contribution in [-0.4, -0.2) is 23.0 Å². The summed E-state index contributed by atoms with van der Waals surface area (Å²) in [5.74, 6) is -0.0162. The first-order chi connectivity index (χ1) is 5.30. The van der Waals surface area contributed by atoms with Crippen molar-refractivity contribution in [3.8, 4) is 0 Å². The maximum absolute atomic E-state index is 11.5. The normalized spacial score (nSPS) is 11.1. The Bertz CT molecular complexity index is 191. The topological polar surface area (TPSA) is 48.0 Å². The van der Waals surface area contributed by atoms with Gasteiger partial charge < -0.3 is 5.73 Å². The monoisotopic (exact) mass is 171 g/mol. The van der Waals surface area contributed by atoms with Gasteiger partial charge in [0.2, 0.25) is 0 Å². The summed E-state index contributed by atoms with van der Waals surface area (Å²) in [6.45, 7) is 11.8. The van der Waals surface area contributed by atoms with Crippen LogP contribution >= 0.6 is 0 Å². The smallest absolute Gasteiger partial charge is 0.253 e. The zero-order valence-electron chi connectivity index (χ0n) is 8.48. The SMILES string of the molecule is C=C(C)C(=O)N(C[NH3+])C(C)(C)C. The molecule has 0 bridgehead atoms. The average molecular weight is 171 g/mol. The van der Waals surface area contributed by atoms with E-state index in [1.54, 1.807) is 11.8 Å². The van der Waals surface area contributed by atoms with Gasteiger partial charge in [-0.25, -0.2) is 0 Å². The van der Waals surface area contributed by atoms with Crippen molar-refractivity contribution in [3.63, 3.8) is 0 Å². The summed E-state index contributed by atoms with van der Waals surface area (Å²) >= 11 is 0. The van der Waals surface area contributed by atoms with Crippen LogP contribution in [0.1, 0.15) is 27.7 Å². The summed E-state index contributed by atoms with van der Waals surface area (Å²) in [5.41, 5.74) is 4.11. The molecule has 0 aromatic heterocycles. The van der Waals surface area contributed by atoms with Crippen LogP contribution in [0.25, 0.3) is 0 Å². The second-order valence-electron chi connectivity index (χ2n) is 3.91. The lowest BCUT2D eigenvalue weighted by Crippen LogP contribution is -2.64. The fourth-order valence-corrected chi connectivity index (χ4v) is 0.972. The van der Waals surface area contributed by atoms with E-state index in [0.717, 1.165) is 0 Å². The molecule has 0 aromatic carbocycles. The van der Waals surface area contributed by atoms with Crippen LogP contribution in [0, 0.1) is 0 Å². The van der Waals surface area contributed by atoms with E-state index in [0.29, 0.717) is 12.2 Å². The number of hydrogen-bond donors (Lipinski definition) is 1. The van der Waals surface area contributed by atoms with Crippen LogP contribution in [0.15, 0.2) is 12.2 Å². The predicted molar refractivity (Wildman–Crippen MR) is 49.2 cm³/mol. The maximum atomic E-state index is 11.5. The Morgan fingerprint density at radius 1 is 1.50 bits per heavy atom. The van der Waals surface area contributed by atoms with E-state index in [4.69, 9.17) is 0 Å². The van der Waals surface area contributed by atoms with Crippen molar-refractivity contribution in [2.45, 2.75) is 33.2 Å². The van der Waals surface area contributed by atoms with Gasteiger partial charge in [0.25, 0.3) is 5.91 Å². The molecular weight excluding hydrogens is 152 g/mol. The standard InChI is InChI=1S/C9H18N2O/c1-7(2)8(12)11(6-10)9(3,4)5/h1,6,10H2,2-5H3/p+1. The van der Waals surface area contributed by atoms with E-state index >= 15 is 0 Å². The van der Waals surface area contributed by atoms with Gasteiger partial charge in [0.15, 0.2) is 6.67 Å². The molecule has 3 heteroatoms. The minimum atomic E-state index is -0.169. The molecule has 0 radical (unpaired) electrons. The van der Waals surface area contributed by atoms with E-state index in [9.17, 15) is 4.79 Å². The molecular formula is C9H19N2O+. The molecule has 0 unspecified atom stereocenters. The number of nitrogens with zero attached hydrogens (tertiary/aromatic N) is 1. The maximum Gasteiger partial charge on any atom is 0.253 e. The van der Waals surface area contributed by atoms with E-state index in [-0.39, 0.29) is 11.4 Å². The van der Waals surface area contributed by atoms with Gasteiger partial charge in [-0.1, -0.05) is 6.58 Å². The Morgan fingerprint density at radius 2 is 1.92 bits per heavy atom. The van der Waals surface area contributed by atoms with Crippen LogP contribution < -0.4 is 5.73 Å². The second kappa shape index (κ2) is 3.72. The summed E-state index contributed by atoms with van der Waals surface area (Å²) in [7, 11) is 0. The summed E-state index contributed by atoms with van der Waals surface area (Å²) in [5, 5.41) is 0. The Balaban J connectivity index is 4.58. The molecule has 0 atom stereocenters. The minimum Gasteiger partial charge on any atom is -0.340 e. The van der Waals surface area contributed by atoms with Crippen molar-refractivity contribution in [3.05, 3.63) is 12.2 Å². The lowest BCUT2D eigenvalue weighted by atomic mass is 10.1. The van der Waals surface area contributed by atoms with Gasteiger partial charge in [-0.3, -0.25) is 9.69 Å². The molecule has 3 nitrogen and oxygen atoms in total. The van der Waals surface area contributed by atoms with E-state index < -0.39 is 0 Å². The number of amides is 1. The highest BCUT2D eigenvalue weighted by molar-refractivity contribution is 5.92. The molecule has 0 heterocycles. The molecule has 0 saturated heterocycles. The van der Waals surface area contributed by atoms with Crippen LogP contribution in [-0.2, 0) is 4.79 Å². The lowest BCUT2D eigenvalue weighted by molar-refractivity contribution is -0.401. The van der Waals surface area contributed by atoms with Gasteiger partial charge in [-0.2, -0.15) is 0 Å². The minimum absolute atomic E-state index is 0.0162. The Morgan fingerprint density at radius 3 is 2.00 bits per heavy atom. The molecule has 1 amide bonds. The Kier molecular flexibility index (Phi) is 3.46. The van der Waals surface area contributed by atoms with Gasteiger partial charge in [0.05, 0.1) is 0 Å². The molecule has 3 N–H and O–H groups in total. The molecule has 70 valence electrons. The summed E-state index contributed by atoms with van der Waals surface area (Å²) in [4.78, 5) is 13.2. The third kappa shape index (κ3) is 2.66. The molecule has 0 aromatic rings. The summed E-state index contributed by atoms with van der Waals surface area (Å²) in [6.07, 6.45) is 0. The lowest BCUT2D eigenvalue weighted by Gasteiger charge is -2.32. The Hall–Kier alpha value is -0.830. The highest BCUT2D eigenvalue weighted by Crippen LogP contribution is 2.13. The molecule has 0 rings (SSSR count). The van der Waals surface area contributed by atoms with Crippen molar-refractivity contribution >= 4 is 5.91 Å². The number of rotatable bonds is 2. The average Bonchev–Trinajstić information content (AvgIpc) is 1.85. The van der Waals surface area contributed by atoms with Gasteiger partial charge in [-0.15, -0.1) is 0 Å².